The van der Waals surface area contributed by atoms with Crippen LogP contribution >= 0.6 is 0 Å². The van der Waals surface area contributed by atoms with Gasteiger partial charge in [-0.1, -0.05) is 49.4 Å². The van der Waals surface area contributed by atoms with Crippen molar-refractivity contribution in [2.75, 3.05) is 0 Å². The first-order valence-corrected chi connectivity index (χ1v) is 8.77. The highest BCUT2D eigenvalue weighted by molar-refractivity contribution is 5.34. The van der Waals surface area contributed by atoms with Gasteiger partial charge in [0, 0.05) is 12.1 Å². The van der Waals surface area contributed by atoms with Crippen LogP contribution in [0.5, 0.6) is 0 Å². The van der Waals surface area contributed by atoms with Gasteiger partial charge >= 0.3 is 0 Å². The maximum Gasteiger partial charge on any atom is 0.269 e. The minimum atomic E-state index is -0.334. The molecule has 1 aliphatic carbocycles. The van der Waals surface area contributed by atoms with Gasteiger partial charge in [-0.3, -0.25) is 10.1 Å². The highest BCUT2D eigenvalue weighted by Crippen LogP contribution is 2.43. The Kier molecular flexibility index (Phi) is 5.29. The first-order valence-electron chi connectivity index (χ1n) is 8.77. The molecule has 2 aromatic rings. The molecule has 1 atom stereocenters. The second-order valence-corrected chi connectivity index (χ2v) is 6.77. The molecule has 0 N–H and O–H groups in total. The van der Waals surface area contributed by atoms with Gasteiger partial charge in [0.05, 0.1) is 4.92 Å². The number of non-ortho nitro benzene ring substituents is 1. The molecule has 1 unspecified atom stereocenters. The fourth-order valence-electron chi connectivity index (χ4n) is 4.10. The summed E-state index contributed by atoms with van der Waals surface area (Å²) in [7, 11) is 0. The first-order chi connectivity index (χ1) is 11.7. The van der Waals surface area contributed by atoms with E-state index < -0.39 is 0 Å². The van der Waals surface area contributed by atoms with Gasteiger partial charge in [-0.15, -0.1) is 0 Å². The lowest BCUT2D eigenvalue weighted by Crippen LogP contribution is -2.19. The van der Waals surface area contributed by atoms with Gasteiger partial charge in [-0.05, 0) is 61.0 Å². The number of hydrogen-bond donors (Lipinski definition) is 0. The predicted molar refractivity (Wildman–Crippen MR) is 97.0 cm³/mol. The summed E-state index contributed by atoms with van der Waals surface area (Å²) in [5, 5.41) is 10.8. The van der Waals surface area contributed by atoms with E-state index in [1.807, 2.05) is 12.1 Å². The number of nitro benzene ring substituents is 1. The van der Waals surface area contributed by atoms with Crippen LogP contribution in [0.4, 0.5) is 5.69 Å². The molecule has 0 amide bonds. The maximum atomic E-state index is 10.8. The number of benzene rings is 2. The normalized spacial score (nSPS) is 22.0. The summed E-state index contributed by atoms with van der Waals surface area (Å²) in [6.07, 6.45) is 5.67. The molecule has 24 heavy (non-hydrogen) atoms. The Bertz CT molecular complexity index is 658. The van der Waals surface area contributed by atoms with Crippen LogP contribution in [0.2, 0.25) is 0 Å². The number of rotatable bonds is 5. The van der Waals surface area contributed by atoms with E-state index >= 15 is 0 Å². The Morgan fingerprint density at radius 1 is 1.00 bits per heavy atom. The topological polar surface area (TPSA) is 43.1 Å². The summed E-state index contributed by atoms with van der Waals surface area (Å²) in [5.74, 6) is 1.77. The lowest BCUT2D eigenvalue weighted by atomic mass is 9.71. The Hall–Kier alpha value is -2.16. The highest BCUT2D eigenvalue weighted by atomic mass is 16.6. The van der Waals surface area contributed by atoms with Crippen molar-refractivity contribution >= 4 is 5.69 Å². The van der Waals surface area contributed by atoms with Crippen LogP contribution in [-0.4, -0.2) is 4.92 Å². The molecule has 3 rings (SSSR count). The van der Waals surface area contributed by atoms with Crippen molar-refractivity contribution in [2.45, 2.75) is 43.9 Å². The molecule has 3 heteroatoms. The van der Waals surface area contributed by atoms with Gasteiger partial charge in [-0.25, -0.2) is 0 Å². The fourth-order valence-corrected chi connectivity index (χ4v) is 4.10. The summed E-state index contributed by atoms with van der Waals surface area (Å²) in [5.41, 5.74) is 2.82. The molecule has 0 aromatic heterocycles. The van der Waals surface area contributed by atoms with Gasteiger partial charge < -0.3 is 0 Å². The fraction of sp³-hybridized carbons (Fsp3) is 0.381. The number of hydrogen-bond acceptors (Lipinski definition) is 2. The zero-order chi connectivity index (χ0) is 16.9. The smallest absolute Gasteiger partial charge is 0.258 e. The van der Waals surface area contributed by atoms with Crippen LogP contribution in [-0.2, 0) is 0 Å². The Morgan fingerprint density at radius 3 is 2.17 bits per heavy atom. The van der Waals surface area contributed by atoms with Crippen molar-refractivity contribution in [3.63, 3.8) is 0 Å². The quantitative estimate of drug-likeness (QED) is 0.510. The molecule has 3 nitrogen and oxygen atoms in total. The third-order valence-electron chi connectivity index (χ3n) is 5.45. The van der Waals surface area contributed by atoms with Crippen LogP contribution in [0.25, 0.3) is 0 Å². The van der Waals surface area contributed by atoms with E-state index in [4.69, 9.17) is 0 Å². The third-order valence-corrected chi connectivity index (χ3v) is 5.45. The van der Waals surface area contributed by atoms with E-state index in [1.54, 1.807) is 12.1 Å². The van der Waals surface area contributed by atoms with Crippen molar-refractivity contribution in [1.29, 1.82) is 0 Å². The zero-order valence-corrected chi connectivity index (χ0v) is 13.9. The molecule has 1 radical (unpaired) electrons. The van der Waals surface area contributed by atoms with Crippen LogP contribution in [0.15, 0.2) is 54.6 Å². The number of nitro groups is 1. The Morgan fingerprint density at radius 2 is 1.62 bits per heavy atom. The van der Waals surface area contributed by atoms with Crippen LogP contribution in [0.3, 0.4) is 0 Å². The van der Waals surface area contributed by atoms with E-state index in [1.165, 1.54) is 24.0 Å². The van der Waals surface area contributed by atoms with Crippen LogP contribution in [0.1, 0.15) is 55.1 Å². The van der Waals surface area contributed by atoms with Crippen molar-refractivity contribution < 1.29 is 4.92 Å². The predicted octanol–water partition coefficient (Wildman–Crippen LogP) is 5.88. The van der Waals surface area contributed by atoms with Crippen LogP contribution < -0.4 is 0 Å². The standard InChI is InChI=1S/C21H24NO2/c1-2-21(18-6-4-3-5-7-18)19-10-8-16(9-11-19)17-12-14-20(15-13-17)22(23)24/h3-7,12-16,19,21H,1-2,8-11H2. The summed E-state index contributed by atoms with van der Waals surface area (Å²) in [6.45, 7) is 4.18. The molecular formula is C21H24NO2. The maximum absolute atomic E-state index is 10.8. The summed E-state index contributed by atoms with van der Waals surface area (Å²) < 4.78 is 0. The van der Waals surface area contributed by atoms with Crippen LogP contribution in [0, 0.1) is 23.0 Å². The molecule has 1 aliphatic rings. The molecule has 1 saturated carbocycles. The summed E-state index contributed by atoms with van der Waals surface area (Å²) in [6, 6.07) is 17.8. The lowest BCUT2D eigenvalue weighted by molar-refractivity contribution is -0.384. The van der Waals surface area contributed by atoms with Gasteiger partial charge in [0.25, 0.3) is 5.69 Å². The molecule has 0 bridgehead atoms. The molecule has 0 aliphatic heterocycles. The highest BCUT2D eigenvalue weighted by Gasteiger charge is 2.28. The van der Waals surface area contributed by atoms with E-state index in [-0.39, 0.29) is 10.6 Å². The SMILES string of the molecule is [CH2]CC(c1ccccc1)C1CCC(c2ccc([N+](=O)[O-])cc2)CC1. The van der Waals surface area contributed by atoms with Gasteiger partial charge in [0.15, 0.2) is 0 Å². The molecule has 2 aromatic carbocycles. The van der Waals surface area contributed by atoms with Crippen molar-refractivity contribution in [3.8, 4) is 0 Å². The van der Waals surface area contributed by atoms with E-state index in [0.29, 0.717) is 17.8 Å². The second kappa shape index (κ2) is 7.61. The minimum Gasteiger partial charge on any atom is -0.258 e. The van der Waals surface area contributed by atoms with E-state index in [2.05, 4.69) is 37.3 Å². The van der Waals surface area contributed by atoms with Crippen molar-refractivity contribution in [1.82, 2.24) is 0 Å². The average molecular weight is 322 g/mol. The Labute approximate surface area is 143 Å². The molecule has 0 saturated heterocycles. The van der Waals surface area contributed by atoms with Gasteiger partial charge in [-0.2, -0.15) is 0 Å². The molecule has 0 heterocycles. The first kappa shape index (κ1) is 16.7. The lowest BCUT2D eigenvalue weighted by Gasteiger charge is -2.34. The average Bonchev–Trinajstić information content (AvgIpc) is 2.64. The largest absolute Gasteiger partial charge is 0.269 e. The van der Waals surface area contributed by atoms with Gasteiger partial charge in [0.2, 0.25) is 0 Å². The summed E-state index contributed by atoms with van der Waals surface area (Å²) in [4.78, 5) is 10.4. The van der Waals surface area contributed by atoms with E-state index in [9.17, 15) is 10.1 Å². The van der Waals surface area contributed by atoms with Gasteiger partial charge in [0.1, 0.15) is 0 Å². The van der Waals surface area contributed by atoms with Crippen molar-refractivity contribution in [2.24, 2.45) is 5.92 Å². The summed E-state index contributed by atoms with van der Waals surface area (Å²) >= 11 is 0. The zero-order valence-electron chi connectivity index (χ0n) is 13.9. The molecule has 1 fully saturated rings. The third kappa shape index (κ3) is 3.66. The number of nitrogens with zero attached hydrogens (tertiary/aromatic N) is 1. The minimum absolute atomic E-state index is 0.175. The Balaban J connectivity index is 1.63. The molecular weight excluding hydrogens is 298 g/mol. The monoisotopic (exact) mass is 322 g/mol. The molecule has 0 spiro atoms. The van der Waals surface area contributed by atoms with Crippen molar-refractivity contribution in [3.05, 3.63) is 82.8 Å². The van der Waals surface area contributed by atoms with E-state index in [0.717, 1.165) is 19.3 Å². The molecule has 125 valence electrons. The second-order valence-electron chi connectivity index (χ2n) is 6.77.